The van der Waals surface area contributed by atoms with Gasteiger partial charge in [0.2, 0.25) is 23.1 Å². The molecule has 2 rings (SSSR count). The van der Waals surface area contributed by atoms with E-state index < -0.39 is 82.0 Å². The molecular weight excluding hydrogens is 392 g/mol. The molecule has 2 aromatic carbocycles. The monoisotopic (exact) mass is 406 g/mol. The van der Waals surface area contributed by atoms with Gasteiger partial charge < -0.3 is 35.4 Å². The van der Waals surface area contributed by atoms with Crippen molar-refractivity contribution in [2.45, 2.75) is 0 Å². The molecule has 0 aliphatic rings. The van der Waals surface area contributed by atoms with Gasteiger partial charge in [0.1, 0.15) is 13.2 Å². The van der Waals surface area contributed by atoms with Crippen LogP contribution >= 0.6 is 0 Å². The van der Waals surface area contributed by atoms with Crippen molar-refractivity contribution >= 4 is 23.1 Å². The van der Waals surface area contributed by atoms with E-state index in [4.69, 9.17) is 4.74 Å². The molecular formula is C18H14O11. The molecule has 0 aliphatic carbocycles. The molecule has 11 heteroatoms. The molecule has 0 fully saturated rings. The number of ketones is 4. The molecule has 0 aliphatic heterocycles. The van der Waals surface area contributed by atoms with Gasteiger partial charge in [0.05, 0.1) is 0 Å². The zero-order valence-corrected chi connectivity index (χ0v) is 14.4. The predicted molar refractivity (Wildman–Crippen MR) is 92.4 cm³/mol. The van der Waals surface area contributed by atoms with E-state index in [-0.39, 0.29) is 0 Å². The standard InChI is InChI=1S/C18H14O11/c19-9-1-7(2-10(20)17(9)27)15(25)13(23)5-29-6-14(24)16(26)8-3-11(21)18(28)12(22)4-8/h1-4,19-22,27-28H,5-6H2. The van der Waals surface area contributed by atoms with Crippen LogP contribution in [0.2, 0.25) is 0 Å². The van der Waals surface area contributed by atoms with Crippen LogP contribution in [-0.4, -0.2) is 67.0 Å². The maximum absolute atomic E-state index is 11.9. The Morgan fingerprint density at radius 3 is 1.14 bits per heavy atom. The number of ether oxygens (including phenoxy) is 1. The van der Waals surface area contributed by atoms with Gasteiger partial charge in [-0.3, -0.25) is 19.2 Å². The van der Waals surface area contributed by atoms with Crippen LogP contribution in [0.4, 0.5) is 0 Å². The number of Topliss-reactive ketones (excluding diaryl/α,β-unsaturated/α-hetero) is 4. The van der Waals surface area contributed by atoms with Crippen LogP contribution < -0.4 is 0 Å². The Labute approximate surface area is 161 Å². The van der Waals surface area contributed by atoms with E-state index >= 15 is 0 Å². The minimum atomic E-state index is -1.19. The maximum Gasteiger partial charge on any atom is 0.231 e. The maximum atomic E-state index is 11.9. The smallest absolute Gasteiger partial charge is 0.231 e. The second-order valence-electron chi connectivity index (χ2n) is 5.72. The number of phenolic OH excluding ortho intramolecular Hbond substituents is 6. The summed E-state index contributed by atoms with van der Waals surface area (Å²) in [4.78, 5) is 47.5. The van der Waals surface area contributed by atoms with Gasteiger partial charge in [0, 0.05) is 11.1 Å². The molecule has 0 bridgehead atoms. The van der Waals surface area contributed by atoms with Gasteiger partial charge in [-0.1, -0.05) is 0 Å². The molecule has 0 aromatic heterocycles. The van der Waals surface area contributed by atoms with E-state index in [1.165, 1.54) is 0 Å². The molecule has 11 nitrogen and oxygen atoms in total. The zero-order chi connectivity index (χ0) is 21.9. The summed E-state index contributed by atoms with van der Waals surface area (Å²) in [5.74, 6) is -9.80. The number of phenols is 6. The average molecular weight is 406 g/mol. The highest BCUT2D eigenvalue weighted by molar-refractivity contribution is 6.45. The summed E-state index contributed by atoms with van der Waals surface area (Å²) in [5.41, 5.74) is -0.882. The largest absolute Gasteiger partial charge is 0.504 e. The third-order valence-electron chi connectivity index (χ3n) is 3.64. The van der Waals surface area contributed by atoms with Gasteiger partial charge in [-0.15, -0.1) is 0 Å². The number of rotatable bonds is 8. The summed E-state index contributed by atoms with van der Waals surface area (Å²) in [6, 6.07) is 2.98. The Morgan fingerprint density at radius 1 is 0.586 bits per heavy atom. The van der Waals surface area contributed by atoms with Crippen molar-refractivity contribution in [3.63, 3.8) is 0 Å². The van der Waals surface area contributed by atoms with Crippen LogP contribution in [-0.2, 0) is 14.3 Å². The number of benzene rings is 2. The first-order valence-corrected chi connectivity index (χ1v) is 7.75. The number of hydrogen-bond donors (Lipinski definition) is 6. The summed E-state index contributed by atoms with van der Waals surface area (Å²) in [5, 5.41) is 55.8. The number of hydrogen-bond acceptors (Lipinski definition) is 11. The van der Waals surface area contributed by atoms with Crippen molar-refractivity contribution in [1.29, 1.82) is 0 Å². The Bertz CT molecular complexity index is 895. The summed E-state index contributed by atoms with van der Waals surface area (Å²) in [7, 11) is 0. The molecule has 0 spiro atoms. The quantitative estimate of drug-likeness (QED) is 0.198. The lowest BCUT2D eigenvalue weighted by atomic mass is 10.1. The Morgan fingerprint density at radius 2 is 0.862 bits per heavy atom. The Hall–Kier alpha value is -4.12. The van der Waals surface area contributed by atoms with Crippen LogP contribution in [0.25, 0.3) is 0 Å². The van der Waals surface area contributed by atoms with E-state index in [0.717, 1.165) is 24.3 Å². The molecule has 0 atom stereocenters. The van der Waals surface area contributed by atoms with E-state index in [1.54, 1.807) is 0 Å². The molecule has 0 heterocycles. The van der Waals surface area contributed by atoms with Crippen molar-refractivity contribution in [1.82, 2.24) is 0 Å². The molecule has 0 amide bonds. The first-order valence-electron chi connectivity index (χ1n) is 7.75. The average Bonchev–Trinajstić information content (AvgIpc) is 2.67. The summed E-state index contributed by atoms with van der Waals surface area (Å²) < 4.78 is 4.72. The van der Waals surface area contributed by atoms with Crippen LogP contribution in [0.5, 0.6) is 34.5 Å². The van der Waals surface area contributed by atoms with Gasteiger partial charge in [0.15, 0.2) is 34.5 Å². The molecule has 29 heavy (non-hydrogen) atoms. The summed E-state index contributed by atoms with van der Waals surface area (Å²) >= 11 is 0. The van der Waals surface area contributed by atoms with Gasteiger partial charge in [-0.25, -0.2) is 0 Å². The van der Waals surface area contributed by atoms with Crippen LogP contribution in [0.3, 0.4) is 0 Å². The first-order chi connectivity index (χ1) is 13.5. The van der Waals surface area contributed by atoms with E-state index in [0.29, 0.717) is 0 Å². The minimum Gasteiger partial charge on any atom is -0.504 e. The molecule has 0 radical (unpaired) electrons. The zero-order valence-electron chi connectivity index (χ0n) is 14.4. The highest BCUT2D eigenvalue weighted by Crippen LogP contribution is 2.36. The molecule has 2 aromatic rings. The van der Waals surface area contributed by atoms with Gasteiger partial charge in [-0.05, 0) is 24.3 Å². The molecule has 0 unspecified atom stereocenters. The third-order valence-corrected chi connectivity index (χ3v) is 3.64. The Balaban J connectivity index is 1.97. The van der Waals surface area contributed by atoms with Gasteiger partial charge in [-0.2, -0.15) is 0 Å². The van der Waals surface area contributed by atoms with Crippen LogP contribution in [0.1, 0.15) is 20.7 Å². The fourth-order valence-corrected chi connectivity index (χ4v) is 2.16. The molecule has 6 N–H and O–H groups in total. The Kier molecular flexibility index (Phi) is 6.04. The normalized spacial score (nSPS) is 10.5. The van der Waals surface area contributed by atoms with Gasteiger partial charge >= 0.3 is 0 Å². The highest BCUT2D eigenvalue weighted by Gasteiger charge is 2.23. The number of carbonyl (C=O) groups excluding carboxylic acids is 4. The van der Waals surface area contributed by atoms with Crippen molar-refractivity contribution < 1.29 is 54.6 Å². The lowest BCUT2D eigenvalue weighted by Gasteiger charge is -2.06. The van der Waals surface area contributed by atoms with Crippen molar-refractivity contribution in [2.75, 3.05) is 13.2 Å². The fourth-order valence-electron chi connectivity index (χ4n) is 2.16. The van der Waals surface area contributed by atoms with Crippen molar-refractivity contribution in [3.8, 4) is 34.5 Å². The van der Waals surface area contributed by atoms with Crippen LogP contribution in [0.15, 0.2) is 24.3 Å². The molecule has 0 saturated carbocycles. The van der Waals surface area contributed by atoms with Crippen molar-refractivity contribution in [3.05, 3.63) is 35.4 Å². The minimum absolute atomic E-state index is 0.441. The number of aromatic hydroxyl groups is 6. The summed E-state index contributed by atoms with van der Waals surface area (Å²) in [6.07, 6.45) is 0. The SMILES string of the molecule is O=C(COCC(=O)C(=O)c1cc(O)c(O)c(O)c1)C(=O)c1cc(O)c(O)c(O)c1. The predicted octanol–water partition coefficient (Wildman–Crippen LogP) is 0.141. The lowest BCUT2D eigenvalue weighted by molar-refractivity contribution is -0.124. The fraction of sp³-hybridized carbons (Fsp3) is 0.111. The van der Waals surface area contributed by atoms with Gasteiger partial charge in [0.25, 0.3) is 0 Å². The second kappa shape index (κ2) is 8.27. The lowest BCUT2D eigenvalue weighted by Crippen LogP contribution is -2.25. The molecule has 0 saturated heterocycles. The van der Waals surface area contributed by atoms with Crippen molar-refractivity contribution in [2.24, 2.45) is 0 Å². The molecule has 152 valence electrons. The second-order valence-corrected chi connectivity index (χ2v) is 5.72. The van der Waals surface area contributed by atoms with E-state index in [1.807, 2.05) is 0 Å². The topological polar surface area (TPSA) is 199 Å². The number of carbonyl (C=O) groups is 4. The third kappa shape index (κ3) is 4.59. The first kappa shape index (κ1) is 21.2. The van der Waals surface area contributed by atoms with E-state index in [9.17, 15) is 49.8 Å². The van der Waals surface area contributed by atoms with E-state index in [2.05, 4.69) is 0 Å². The van der Waals surface area contributed by atoms with Crippen LogP contribution in [0, 0.1) is 0 Å². The highest BCUT2D eigenvalue weighted by atomic mass is 16.5. The summed E-state index contributed by atoms with van der Waals surface area (Å²) in [6.45, 7) is -1.82.